The highest BCUT2D eigenvalue weighted by Crippen LogP contribution is 2.18. The van der Waals surface area contributed by atoms with Crippen molar-refractivity contribution in [3.63, 3.8) is 0 Å². The molecule has 0 aliphatic rings. The van der Waals surface area contributed by atoms with Gasteiger partial charge < -0.3 is 15.4 Å². The molecule has 0 saturated heterocycles. The minimum Gasteiger partial charge on any atom is -0.492 e. The number of benzene rings is 2. The fraction of sp³-hybridized carbons (Fsp3) is 0.292. The molecule has 0 fully saturated rings. The molecule has 9 nitrogen and oxygen atoms in total. The van der Waals surface area contributed by atoms with E-state index in [-0.39, 0.29) is 37.0 Å². The Kier molecular flexibility index (Phi) is 8.50. The normalized spacial score (nSPS) is 10.9. The Morgan fingerprint density at radius 1 is 1.12 bits per heavy atom. The topological polar surface area (TPSA) is 114 Å². The number of nitrogens with zero attached hydrogens (tertiary/aromatic N) is 3. The van der Waals surface area contributed by atoms with Crippen molar-refractivity contribution in [1.82, 2.24) is 14.5 Å². The van der Waals surface area contributed by atoms with Gasteiger partial charge in [0.05, 0.1) is 13.1 Å². The highest BCUT2D eigenvalue weighted by Gasteiger charge is 2.24. The first kappa shape index (κ1) is 25.1. The molecule has 0 bridgehead atoms. The molecule has 1 heterocycles. The molecular weight excluding hydrogens is 458 g/mol. The summed E-state index contributed by atoms with van der Waals surface area (Å²) in [5.74, 6) is 0.305. The van der Waals surface area contributed by atoms with Crippen molar-refractivity contribution in [2.24, 2.45) is 0 Å². The van der Waals surface area contributed by atoms with Crippen LogP contribution in [0.2, 0.25) is 5.02 Å². The Labute approximate surface area is 202 Å². The summed E-state index contributed by atoms with van der Waals surface area (Å²) >= 11 is 5.87. The molecule has 0 saturated carbocycles. The average molecular weight is 486 g/mol. The second-order valence-electron chi connectivity index (χ2n) is 7.74. The van der Waals surface area contributed by atoms with E-state index in [0.717, 1.165) is 5.56 Å². The van der Waals surface area contributed by atoms with E-state index in [1.807, 2.05) is 30.3 Å². The van der Waals surface area contributed by atoms with Gasteiger partial charge in [0.1, 0.15) is 18.2 Å². The molecular formula is C24H28ClN5O4. The van der Waals surface area contributed by atoms with Crippen molar-refractivity contribution in [2.45, 2.75) is 13.5 Å². The summed E-state index contributed by atoms with van der Waals surface area (Å²) in [5.41, 5.74) is 5.71. The lowest BCUT2D eigenvalue weighted by Gasteiger charge is -2.25. The Hall–Kier alpha value is -3.56. The first-order chi connectivity index (χ1) is 16.3. The third-order valence-electron chi connectivity index (χ3n) is 5.25. The molecule has 1 amide bonds. The van der Waals surface area contributed by atoms with Gasteiger partial charge in [-0.3, -0.25) is 24.0 Å². The molecule has 3 N–H and O–H groups in total. The molecule has 0 unspecified atom stereocenters. The lowest BCUT2D eigenvalue weighted by molar-refractivity contribution is -0.119. The van der Waals surface area contributed by atoms with Crippen molar-refractivity contribution in [3.05, 3.63) is 86.0 Å². The number of nitrogens with one attached hydrogen (secondary N) is 1. The van der Waals surface area contributed by atoms with E-state index < -0.39 is 11.2 Å². The third kappa shape index (κ3) is 6.27. The molecule has 0 atom stereocenters. The summed E-state index contributed by atoms with van der Waals surface area (Å²) in [4.78, 5) is 43.5. The number of hydrogen-bond donors (Lipinski definition) is 2. The zero-order chi connectivity index (χ0) is 24.7. The predicted octanol–water partition coefficient (Wildman–Crippen LogP) is 2.18. The summed E-state index contributed by atoms with van der Waals surface area (Å²) in [5, 5.41) is 0.624. The van der Waals surface area contributed by atoms with Gasteiger partial charge in [0.2, 0.25) is 5.91 Å². The molecule has 0 aliphatic carbocycles. The monoisotopic (exact) mass is 485 g/mol. The molecule has 0 spiro atoms. The molecule has 0 aliphatic heterocycles. The van der Waals surface area contributed by atoms with Gasteiger partial charge in [-0.15, -0.1) is 0 Å². The van der Waals surface area contributed by atoms with Gasteiger partial charge in [-0.25, -0.2) is 4.79 Å². The Balaban J connectivity index is 1.71. The van der Waals surface area contributed by atoms with Crippen molar-refractivity contribution >= 4 is 29.0 Å². The number of nitrogen functional groups attached to an aromatic ring is 1. The summed E-state index contributed by atoms with van der Waals surface area (Å²) in [6.07, 6.45) is 0. The zero-order valence-corrected chi connectivity index (χ0v) is 19.9. The fourth-order valence-electron chi connectivity index (χ4n) is 3.47. The SMILES string of the molecule is CCN(C(=O)CN(C)CCOc1ccc(Cl)cc1)c1c(N)n(Cc2ccccc2)c(=O)[nH]c1=O. The third-order valence-corrected chi connectivity index (χ3v) is 5.50. The zero-order valence-electron chi connectivity index (χ0n) is 19.2. The van der Waals surface area contributed by atoms with Crippen LogP contribution in [-0.4, -0.2) is 53.6 Å². The van der Waals surface area contributed by atoms with Gasteiger partial charge in [0.15, 0.2) is 5.69 Å². The van der Waals surface area contributed by atoms with E-state index in [0.29, 0.717) is 23.9 Å². The van der Waals surface area contributed by atoms with E-state index in [1.165, 1.54) is 9.47 Å². The van der Waals surface area contributed by atoms with Crippen LogP contribution in [0.5, 0.6) is 5.75 Å². The highest BCUT2D eigenvalue weighted by atomic mass is 35.5. The Morgan fingerprint density at radius 3 is 2.44 bits per heavy atom. The van der Waals surface area contributed by atoms with Gasteiger partial charge in [0, 0.05) is 18.1 Å². The van der Waals surface area contributed by atoms with Gasteiger partial charge in [0.25, 0.3) is 5.56 Å². The maximum atomic E-state index is 13.0. The molecule has 34 heavy (non-hydrogen) atoms. The van der Waals surface area contributed by atoms with Crippen LogP contribution in [0.3, 0.4) is 0 Å². The number of ether oxygens (including phenoxy) is 1. The number of hydrogen-bond acceptors (Lipinski definition) is 6. The van der Waals surface area contributed by atoms with Crippen molar-refractivity contribution in [1.29, 1.82) is 0 Å². The van der Waals surface area contributed by atoms with Crippen LogP contribution < -0.4 is 26.6 Å². The summed E-state index contributed by atoms with van der Waals surface area (Å²) in [7, 11) is 1.78. The summed E-state index contributed by atoms with van der Waals surface area (Å²) in [6, 6.07) is 16.3. The van der Waals surface area contributed by atoms with E-state index in [1.54, 1.807) is 43.1 Å². The second-order valence-corrected chi connectivity index (χ2v) is 8.18. The van der Waals surface area contributed by atoms with Crippen LogP contribution in [0, 0.1) is 0 Å². The summed E-state index contributed by atoms with van der Waals surface area (Å²) in [6.45, 7) is 3.00. The molecule has 3 rings (SSSR count). The number of rotatable bonds is 10. The van der Waals surface area contributed by atoms with E-state index in [9.17, 15) is 14.4 Å². The number of likely N-dealkylation sites (N-methyl/N-ethyl adjacent to an activating group) is 2. The minimum absolute atomic E-state index is 0.0335. The standard InChI is InChI=1S/C24H28ClN5O4/c1-3-29(20(31)16-28(2)13-14-34-19-11-9-18(25)10-12-19)21-22(26)30(24(33)27-23(21)32)15-17-7-5-4-6-8-17/h4-12H,3,13-16,26H2,1-2H3,(H,27,32,33). The number of aromatic amines is 1. The molecule has 180 valence electrons. The smallest absolute Gasteiger partial charge is 0.330 e. The van der Waals surface area contributed by atoms with E-state index >= 15 is 0 Å². The largest absolute Gasteiger partial charge is 0.492 e. The Bertz CT molecular complexity index is 1220. The van der Waals surface area contributed by atoms with Gasteiger partial charge >= 0.3 is 5.69 Å². The van der Waals surface area contributed by atoms with Gasteiger partial charge in [-0.2, -0.15) is 0 Å². The number of nitrogens with two attached hydrogens (primary N) is 1. The lowest BCUT2D eigenvalue weighted by Crippen LogP contribution is -2.45. The molecule has 10 heteroatoms. The first-order valence-electron chi connectivity index (χ1n) is 10.8. The van der Waals surface area contributed by atoms with E-state index in [2.05, 4.69) is 4.98 Å². The Morgan fingerprint density at radius 2 is 1.79 bits per heavy atom. The predicted molar refractivity (Wildman–Crippen MR) is 134 cm³/mol. The maximum absolute atomic E-state index is 13.0. The second kappa shape index (κ2) is 11.5. The van der Waals surface area contributed by atoms with Crippen LogP contribution in [0.15, 0.2) is 64.2 Å². The maximum Gasteiger partial charge on any atom is 0.330 e. The van der Waals surface area contributed by atoms with Crippen molar-refractivity contribution in [2.75, 3.05) is 43.9 Å². The molecule has 2 aromatic carbocycles. The van der Waals surface area contributed by atoms with Gasteiger partial charge in [-0.05, 0) is 43.8 Å². The van der Waals surface area contributed by atoms with Crippen LogP contribution in [-0.2, 0) is 11.3 Å². The number of H-pyrrole nitrogens is 1. The number of carbonyl (C=O) groups excluding carboxylic acids is 1. The lowest BCUT2D eigenvalue weighted by atomic mass is 10.2. The summed E-state index contributed by atoms with van der Waals surface area (Å²) < 4.78 is 6.93. The highest BCUT2D eigenvalue weighted by molar-refractivity contribution is 6.30. The van der Waals surface area contributed by atoms with Crippen molar-refractivity contribution in [3.8, 4) is 5.75 Å². The number of aromatic nitrogens is 2. The molecule has 1 aromatic heterocycles. The van der Waals surface area contributed by atoms with Crippen LogP contribution in [0.4, 0.5) is 11.5 Å². The van der Waals surface area contributed by atoms with Crippen LogP contribution in [0.1, 0.15) is 12.5 Å². The fourth-order valence-corrected chi connectivity index (χ4v) is 3.59. The number of anilines is 2. The number of halogens is 1. The molecule has 3 aromatic rings. The first-order valence-corrected chi connectivity index (χ1v) is 11.2. The van der Waals surface area contributed by atoms with Crippen LogP contribution in [0.25, 0.3) is 0 Å². The minimum atomic E-state index is -0.698. The van der Waals surface area contributed by atoms with Crippen molar-refractivity contribution < 1.29 is 9.53 Å². The number of carbonyl (C=O) groups is 1. The van der Waals surface area contributed by atoms with Gasteiger partial charge in [-0.1, -0.05) is 41.9 Å². The van der Waals surface area contributed by atoms with Crippen LogP contribution >= 0.6 is 11.6 Å². The molecule has 0 radical (unpaired) electrons. The quantitative estimate of drug-likeness (QED) is 0.455. The number of amides is 1. The average Bonchev–Trinajstić information content (AvgIpc) is 2.81. The van der Waals surface area contributed by atoms with E-state index in [4.69, 9.17) is 22.1 Å².